The number of fused-ring (bicyclic) bond motifs is 1. The molecule has 0 aliphatic rings. The Labute approximate surface area is 121 Å². The molecule has 0 aliphatic heterocycles. The number of aryl methyl sites for hydroxylation is 1. The second-order valence-electron chi connectivity index (χ2n) is 5.09. The molecular weight excluding hydrogens is 268 g/mol. The van der Waals surface area contributed by atoms with E-state index in [-0.39, 0.29) is 0 Å². The third-order valence-corrected chi connectivity index (χ3v) is 3.91. The molecule has 0 spiro atoms. The summed E-state index contributed by atoms with van der Waals surface area (Å²) in [5, 5.41) is 13.8. The minimum Gasteiger partial charge on any atom is -0.187 e. The molecule has 3 rings (SSSR count). The number of nitrogens with zero attached hydrogens (tertiary/aromatic N) is 4. The lowest BCUT2D eigenvalue weighted by molar-refractivity contribution is 0.724. The zero-order valence-electron chi connectivity index (χ0n) is 11.7. The van der Waals surface area contributed by atoms with Crippen molar-refractivity contribution in [2.75, 3.05) is 0 Å². The summed E-state index contributed by atoms with van der Waals surface area (Å²) in [6, 6.07) is 8.42. The van der Waals surface area contributed by atoms with E-state index >= 15 is 0 Å². The zero-order chi connectivity index (χ0) is 14.1. The molecule has 0 amide bonds. The molecule has 0 bridgehead atoms. The van der Waals surface area contributed by atoms with Crippen LogP contribution in [-0.4, -0.2) is 19.8 Å². The van der Waals surface area contributed by atoms with Gasteiger partial charge in [-0.15, -0.1) is 10.2 Å². The van der Waals surface area contributed by atoms with Crippen molar-refractivity contribution < 1.29 is 0 Å². The SMILES string of the molecule is Cc1ccc(/C=C/c2nn3c(C(C)C)nnc3s2)cc1. The van der Waals surface area contributed by atoms with Gasteiger partial charge in [0, 0.05) is 5.92 Å². The first-order valence-corrected chi connectivity index (χ1v) is 7.42. The van der Waals surface area contributed by atoms with E-state index in [1.807, 2.05) is 10.6 Å². The van der Waals surface area contributed by atoms with Gasteiger partial charge in [-0.2, -0.15) is 9.61 Å². The molecular formula is C15H16N4S. The highest BCUT2D eigenvalue weighted by molar-refractivity contribution is 7.17. The molecule has 0 N–H and O–H groups in total. The Kier molecular flexibility index (Phi) is 3.36. The highest BCUT2D eigenvalue weighted by atomic mass is 32.1. The third kappa shape index (κ3) is 2.49. The molecule has 5 heteroatoms. The van der Waals surface area contributed by atoms with Gasteiger partial charge in [0.05, 0.1) is 0 Å². The minimum atomic E-state index is 0.320. The van der Waals surface area contributed by atoms with Crippen molar-refractivity contribution in [3.8, 4) is 0 Å². The normalized spacial score (nSPS) is 12.0. The topological polar surface area (TPSA) is 43.1 Å². The van der Waals surface area contributed by atoms with Crippen LogP contribution in [0.3, 0.4) is 0 Å². The molecule has 0 atom stereocenters. The second kappa shape index (κ2) is 5.17. The molecule has 0 aliphatic carbocycles. The second-order valence-corrected chi connectivity index (χ2v) is 6.08. The van der Waals surface area contributed by atoms with Crippen molar-refractivity contribution in [2.45, 2.75) is 26.7 Å². The Bertz CT molecular complexity index is 750. The average Bonchev–Trinajstić information content (AvgIpc) is 2.97. The number of hydrogen-bond acceptors (Lipinski definition) is 4. The van der Waals surface area contributed by atoms with E-state index in [1.165, 1.54) is 11.1 Å². The molecule has 0 saturated heterocycles. The molecule has 2 heterocycles. The molecule has 2 aromatic heterocycles. The molecule has 1 aromatic carbocycles. The van der Waals surface area contributed by atoms with Crippen LogP contribution in [0.5, 0.6) is 0 Å². The summed E-state index contributed by atoms with van der Waals surface area (Å²) < 4.78 is 1.84. The highest BCUT2D eigenvalue weighted by Crippen LogP contribution is 2.20. The van der Waals surface area contributed by atoms with E-state index in [0.29, 0.717) is 5.92 Å². The first kappa shape index (κ1) is 13.0. The molecule has 0 saturated carbocycles. The Morgan fingerprint density at radius 3 is 2.55 bits per heavy atom. The van der Waals surface area contributed by atoms with Crippen LogP contribution in [0.2, 0.25) is 0 Å². The predicted molar refractivity (Wildman–Crippen MR) is 82.9 cm³/mol. The molecule has 102 valence electrons. The van der Waals surface area contributed by atoms with Gasteiger partial charge in [-0.1, -0.05) is 61.1 Å². The van der Waals surface area contributed by atoms with Crippen LogP contribution >= 0.6 is 11.3 Å². The first-order chi connectivity index (χ1) is 9.63. The van der Waals surface area contributed by atoms with Crippen LogP contribution in [0.1, 0.15) is 41.7 Å². The standard InChI is InChI=1S/C15H16N4S/c1-10(2)14-16-17-15-19(14)18-13(20-15)9-8-12-6-4-11(3)5-7-12/h4-10H,1-3H3/b9-8+. The third-order valence-electron chi connectivity index (χ3n) is 3.04. The van der Waals surface area contributed by atoms with Crippen molar-refractivity contribution in [1.82, 2.24) is 19.8 Å². The Morgan fingerprint density at radius 1 is 1.10 bits per heavy atom. The summed E-state index contributed by atoms with van der Waals surface area (Å²) in [6.45, 7) is 6.28. The molecule has 0 unspecified atom stereocenters. The fourth-order valence-electron chi connectivity index (χ4n) is 1.92. The van der Waals surface area contributed by atoms with Gasteiger partial charge in [-0.25, -0.2) is 0 Å². The van der Waals surface area contributed by atoms with Crippen LogP contribution in [0.4, 0.5) is 0 Å². The predicted octanol–water partition coefficient (Wildman–Crippen LogP) is 3.79. The zero-order valence-corrected chi connectivity index (χ0v) is 12.6. The molecule has 20 heavy (non-hydrogen) atoms. The van der Waals surface area contributed by atoms with Gasteiger partial charge in [0.15, 0.2) is 5.82 Å². The smallest absolute Gasteiger partial charge is 0.187 e. The van der Waals surface area contributed by atoms with Crippen molar-refractivity contribution in [3.05, 3.63) is 46.2 Å². The summed E-state index contributed by atoms with van der Waals surface area (Å²) in [5.74, 6) is 1.23. The van der Waals surface area contributed by atoms with Gasteiger partial charge < -0.3 is 0 Å². The van der Waals surface area contributed by atoms with Gasteiger partial charge in [-0.05, 0) is 18.6 Å². The van der Waals surface area contributed by atoms with Crippen molar-refractivity contribution in [2.24, 2.45) is 0 Å². The number of aromatic nitrogens is 4. The van der Waals surface area contributed by atoms with Crippen LogP contribution in [0, 0.1) is 6.92 Å². The molecule has 0 fully saturated rings. The molecule has 4 nitrogen and oxygen atoms in total. The summed E-state index contributed by atoms with van der Waals surface area (Å²) in [4.78, 5) is 0.845. The van der Waals surface area contributed by atoms with E-state index in [9.17, 15) is 0 Å². The quantitative estimate of drug-likeness (QED) is 0.735. The number of hydrogen-bond donors (Lipinski definition) is 0. The Balaban J connectivity index is 1.89. The van der Waals surface area contributed by atoms with Crippen LogP contribution in [0.15, 0.2) is 24.3 Å². The molecule has 3 aromatic rings. The van der Waals surface area contributed by atoms with Gasteiger partial charge in [0.25, 0.3) is 0 Å². The van der Waals surface area contributed by atoms with Crippen molar-refractivity contribution in [3.63, 3.8) is 0 Å². The number of rotatable bonds is 3. The largest absolute Gasteiger partial charge is 0.234 e. The Morgan fingerprint density at radius 2 is 1.85 bits per heavy atom. The lowest BCUT2D eigenvalue weighted by Gasteiger charge is -1.97. The van der Waals surface area contributed by atoms with Gasteiger partial charge >= 0.3 is 0 Å². The van der Waals surface area contributed by atoms with Crippen molar-refractivity contribution in [1.29, 1.82) is 0 Å². The van der Waals surface area contributed by atoms with Gasteiger partial charge in [0.2, 0.25) is 4.96 Å². The van der Waals surface area contributed by atoms with Crippen molar-refractivity contribution >= 4 is 28.4 Å². The van der Waals surface area contributed by atoms with E-state index in [2.05, 4.69) is 66.4 Å². The van der Waals surface area contributed by atoms with Crippen LogP contribution in [-0.2, 0) is 0 Å². The summed E-state index contributed by atoms with van der Waals surface area (Å²) in [5.41, 5.74) is 2.44. The Hall–Kier alpha value is -2.01. The maximum atomic E-state index is 4.55. The van der Waals surface area contributed by atoms with Gasteiger partial charge in [-0.3, -0.25) is 0 Å². The maximum absolute atomic E-state index is 4.55. The average molecular weight is 284 g/mol. The summed E-state index contributed by atoms with van der Waals surface area (Å²) in [6.07, 6.45) is 4.09. The summed E-state index contributed by atoms with van der Waals surface area (Å²) in [7, 11) is 0. The van der Waals surface area contributed by atoms with E-state index in [1.54, 1.807) is 11.3 Å². The summed E-state index contributed by atoms with van der Waals surface area (Å²) >= 11 is 1.55. The van der Waals surface area contributed by atoms with Crippen LogP contribution < -0.4 is 0 Å². The van der Waals surface area contributed by atoms with E-state index < -0.39 is 0 Å². The minimum absolute atomic E-state index is 0.320. The number of benzene rings is 1. The monoisotopic (exact) mass is 284 g/mol. The molecule has 0 radical (unpaired) electrons. The van der Waals surface area contributed by atoms with E-state index in [0.717, 1.165) is 15.8 Å². The lowest BCUT2D eigenvalue weighted by Crippen LogP contribution is -1.97. The van der Waals surface area contributed by atoms with E-state index in [4.69, 9.17) is 0 Å². The fraction of sp³-hybridized carbons (Fsp3) is 0.267. The lowest BCUT2D eigenvalue weighted by atomic mass is 10.1. The first-order valence-electron chi connectivity index (χ1n) is 6.60. The highest BCUT2D eigenvalue weighted by Gasteiger charge is 2.12. The maximum Gasteiger partial charge on any atom is 0.234 e. The fourth-order valence-corrected chi connectivity index (χ4v) is 2.67. The van der Waals surface area contributed by atoms with Crippen LogP contribution in [0.25, 0.3) is 17.1 Å². The van der Waals surface area contributed by atoms with Gasteiger partial charge in [0.1, 0.15) is 5.01 Å².